The van der Waals surface area contributed by atoms with E-state index < -0.39 is 0 Å². The summed E-state index contributed by atoms with van der Waals surface area (Å²) in [5, 5.41) is 11.9. The van der Waals surface area contributed by atoms with E-state index in [1.165, 1.54) is 16.9 Å². The van der Waals surface area contributed by atoms with Crippen molar-refractivity contribution in [3.63, 3.8) is 0 Å². The number of nitriles is 1. The van der Waals surface area contributed by atoms with E-state index in [1.54, 1.807) is 6.21 Å². The Balaban J connectivity index is 2.01. The zero-order valence-electron chi connectivity index (χ0n) is 11.0. The predicted octanol–water partition coefficient (Wildman–Crippen LogP) is 3.64. The van der Waals surface area contributed by atoms with Crippen molar-refractivity contribution in [3.05, 3.63) is 51.5 Å². The van der Waals surface area contributed by atoms with Crippen LogP contribution in [0.4, 0.5) is 0 Å². The van der Waals surface area contributed by atoms with Crippen molar-refractivity contribution >= 4 is 17.6 Å². The second-order valence-electron chi connectivity index (χ2n) is 4.41. The summed E-state index contributed by atoms with van der Waals surface area (Å²) in [6.45, 7) is 4.59. The highest BCUT2D eigenvalue weighted by atomic mass is 32.1. The molecule has 1 atom stereocenters. The lowest BCUT2D eigenvalue weighted by atomic mass is 10.1. The number of nitrogens with zero attached hydrogens (tertiary/aromatic N) is 3. The van der Waals surface area contributed by atoms with Crippen LogP contribution in [0.2, 0.25) is 0 Å². The SMILES string of the molecule is Cc1ccc(CN=CC(C#N)c2nc(C)cs2)cc1. The molecule has 0 saturated carbocycles. The minimum Gasteiger partial charge on any atom is -0.291 e. The summed E-state index contributed by atoms with van der Waals surface area (Å²) >= 11 is 1.51. The first-order valence-electron chi connectivity index (χ1n) is 6.06. The molecule has 0 amide bonds. The topological polar surface area (TPSA) is 49.0 Å². The Morgan fingerprint density at radius 1 is 1.37 bits per heavy atom. The van der Waals surface area contributed by atoms with Gasteiger partial charge in [-0.25, -0.2) is 4.98 Å². The van der Waals surface area contributed by atoms with Crippen molar-refractivity contribution in [2.45, 2.75) is 26.3 Å². The van der Waals surface area contributed by atoms with Crippen LogP contribution in [0.1, 0.15) is 27.7 Å². The van der Waals surface area contributed by atoms with Gasteiger partial charge in [0.05, 0.1) is 12.6 Å². The first-order chi connectivity index (χ1) is 9.19. The van der Waals surface area contributed by atoms with Gasteiger partial charge in [-0.1, -0.05) is 29.8 Å². The van der Waals surface area contributed by atoms with Crippen molar-refractivity contribution < 1.29 is 0 Å². The summed E-state index contributed by atoms with van der Waals surface area (Å²) in [4.78, 5) is 8.67. The molecule has 0 bridgehead atoms. The number of hydrogen-bond donors (Lipinski definition) is 0. The fourth-order valence-corrected chi connectivity index (χ4v) is 2.43. The molecule has 3 nitrogen and oxygen atoms in total. The standard InChI is InChI=1S/C15H15N3S/c1-11-3-5-13(6-4-11)8-17-9-14(7-16)15-18-12(2)10-19-15/h3-6,9-10,14H,8H2,1-2H3. The first kappa shape index (κ1) is 13.4. The van der Waals surface area contributed by atoms with Gasteiger partial charge in [0.15, 0.2) is 0 Å². The fraction of sp³-hybridized carbons (Fsp3) is 0.267. The minimum absolute atomic E-state index is 0.343. The molecule has 19 heavy (non-hydrogen) atoms. The highest BCUT2D eigenvalue weighted by Crippen LogP contribution is 2.18. The third-order valence-electron chi connectivity index (χ3n) is 2.69. The van der Waals surface area contributed by atoms with Gasteiger partial charge in [-0.05, 0) is 19.4 Å². The maximum atomic E-state index is 9.15. The van der Waals surface area contributed by atoms with E-state index in [4.69, 9.17) is 5.26 Å². The number of aliphatic imine (C=N–C) groups is 1. The molecule has 1 aromatic heterocycles. The highest BCUT2D eigenvalue weighted by molar-refractivity contribution is 7.09. The molecule has 0 fully saturated rings. The molecule has 0 aliphatic heterocycles. The van der Waals surface area contributed by atoms with Gasteiger partial charge < -0.3 is 0 Å². The van der Waals surface area contributed by atoms with Crippen LogP contribution in [0.25, 0.3) is 0 Å². The van der Waals surface area contributed by atoms with Crippen LogP contribution in [-0.4, -0.2) is 11.2 Å². The second-order valence-corrected chi connectivity index (χ2v) is 5.30. The Labute approximate surface area is 117 Å². The van der Waals surface area contributed by atoms with Crippen LogP contribution in [0.3, 0.4) is 0 Å². The maximum absolute atomic E-state index is 9.15. The highest BCUT2D eigenvalue weighted by Gasteiger charge is 2.11. The number of thiazole rings is 1. The summed E-state index contributed by atoms with van der Waals surface area (Å²) in [7, 11) is 0. The Morgan fingerprint density at radius 2 is 2.11 bits per heavy atom. The summed E-state index contributed by atoms with van der Waals surface area (Å²) in [5.74, 6) is -0.343. The van der Waals surface area contributed by atoms with Crippen LogP contribution < -0.4 is 0 Å². The molecule has 0 N–H and O–H groups in total. The molecule has 1 unspecified atom stereocenters. The maximum Gasteiger partial charge on any atom is 0.133 e. The molecule has 1 heterocycles. The molecule has 0 spiro atoms. The van der Waals surface area contributed by atoms with E-state index in [2.05, 4.69) is 47.2 Å². The van der Waals surface area contributed by atoms with Gasteiger partial charge in [0.25, 0.3) is 0 Å². The van der Waals surface area contributed by atoms with Gasteiger partial charge in [0.1, 0.15) is 10.9 Å². The van der Waals surface area contributed by atoms with E-state index in [-0.39, 0.29) is 5.92 Å². The number of aromatic nitrogens is 1. The van der Waals surface area contributed by atoms with Crippen molar-refractivity contribution in [1.29, 1.82) is 5.26 Å². The predicted molar refractivity (Wildman–Crippen MR) is 78.6 cm³/mol. The van der Waals surface area contributed by atoms with Crippen LogP contribution in [0.15, 0.2) is 34.6 Å². The lowest BCUT2D eigenvalue weighted by molar-refractivity contribution is 1.03. The van der Waals surface area contributed by atoms with Crippen molar-refractivity contribution in [2.24, 2.45) is 4.99 Å². The molecule has 2 rings (SSSR count). The van der Waals surface area contributed by atoms with Crippen LogP contribution in [-0.2, 0) is 6.54 Å². The minimum atomic E-state index is -0.343. The average Bonchev–Trinajstić information content (AvgIpc) is 2.83. The summed E-state index contributed by atoms with van der Waals surface area (Å²) in [6.07, 6.45) is 1.69. The Morgan fingerprint density at radius 3 is 2.68 bits per heavy atom. The van der Waals surface area contributed by atoms with E-state index >= 15 is 0 Å². The van der Waals surface area contributed by atoms with Gasteiger partial charge in [0, 0.05) is 17.3 Å². The number of hydrogen-bond acceptors (Lipinski definition) is 4. The van der Waals surface area contributed by atoms with Crippen molar-refractivity contribution in [2.75, 3.05) is 0 Å². The van der Waals surface area contributed by atoms with Crippen LogP contribution in [0.5, 0.6) is 0 Å². The van der Waals surface area contributed by atoms with E-state index in [1.807, 2.05) is 12.3 Å². The molecule has 0 aliphatic rings. The van der Waals surface area contributed by atoms with Crippen molar-refractivity contribution in [3.8, 4) is 6.07 Å². The molecule has 4 heteroatoms. The number of aryl methyl sites for hydroxylation is 2. The van der Waals surface area contributed by atoms with E-state index in [0.29, 0.717) is 6.54 Å². The number of rotatable bonds is 4. The fourth-order valence-electron chi connectivity index (χ4n) is 1.62. The Bertz CT molecular complexity index is 605. The van der Waals surface area contributed by atoms with Gasteiger partial charge >= 0.3 is 0 Å². The lowest BCUT2D eigenvalue weighted by Gasteiger charge is -1.99. The van der Waals surface area contributed by atoms with Crippen LogP contribution >= 0.6 is 11.3 Å². The normalized spacial score (nSPS) is 12.5. The van der Waals surface area contributed by atoms with Gasteiger partial charge in [0.2, 0.25) is 0 Å². The quantitative estimate of drug-likeness (QED) is 0.796. The zero-order chi connectivity index (χ0) is 13.7. The largest absolute Gasteiger partial charge is 0.291 e. The van der Waals surface area contributed by atoms with Gasteiger partial charge in [-0.15, -0.1) is 11.3 Å². The molecular weight excluding hydrogens is 254 g/mol. The summed E-state index contributed by atoms with van der Waals surface area (Å²) in [6, 6.07) is 10.5. The third kappa shape index (κ3) is 3.73. The molecular formula is C15H15N3S. The first-order valence-corrected chi connectivity index (χ1v) is 6.94. The Kier molecular flexibility index (Phi) is 4.43. The molecule has 2 aromatic rings. The Hall–Kier alpha value is -1.99. The van der Waals surface area contributed by atoms with Crippen LogP contribution in [0, 0.1) is 25.2 Å². The van der Waals surface area contributed by atoms with E-state index in [0.717, 1.165) is 16.3 Å². The molecule has 0 saturated heterocycles. The monoisotopic (exact) mass is 269 g/mol. The third-order valence-corrected chi connectivity index (χ3v) is 3.74. The molecule has 96 valence electrons. The summed E-state index contributed by atoms with van der Waals surface area (Å²) in [5.41, 5.74) is 3.34. The molecule has 0 radical (unpaired) electrons. The zero-order valence-corrected chi connectivity index (χ0v) is 11.8. The lowest BCUT2D eigenvalue weighted by Crippen LogP contribution is -1.97. The average molecular weight is 269 g/mol. The smallest absolute Gasteiger partial charge is 0.133 e. The second kappa shape index (κ2) is 6.26. The molecule has 1 aromatic carbocycles. The van der Waals surface area contributed by atoms with Gasteiger partial charge in [-0.2, -0.15) is 5.26 Å². The summed E-state index contributed by atoms with van der Waals surface area (Å²) < 4.78 is 0. The number of benzene rings is 1. The van der Waals surface area contributed by atoms with Crippen molar-refractivity contribution in [1.82, 2.24) is 4.98 Å². The molecule has 0 aliphatic carbocycles. The van der Waals surface area contributed by atoms with Gasteiger partial charge in [-0.3, -0.25) is 4.99 Å². The van der Waals surface area contributed by atoms with E-state index in [9.17, 15) is 0 Å².